The van der Waals surface area contributed by atoms with Crippen molar-refractivity contribution in [3.8, 4) is 11.4 Å². The Morgan fingerprint density at radius 1 is 1.43 bits per heavy atom. The van der Waals surface area contributed by atoms with E-state index in [4.69, 9.17) is 4.52 Å². The number of carbonyl (C=O) groups is 1. The Kier molecular flexibility index (Phi) is 3.92. The van der Waals surface area contributed by atoms with Gasteiger partial charge in [-0.2, -0.15) is 18.2 Å². The summed E-state index contributed by atoms with van der Waals surface area (Å²) in [6.07, 6.45) is -3.53. The lowest BCUT2D eigenvalue weighted by molar-refractivity contribution is -0.141. The predicted octanol–water partition coefficient (Wildman–Crippen LogP) is 2.35. The summed E-state index contributed by atoms with van der Waals surface area (Å²) in [5.74, 6) is -0.189. The van der Waals surface area contributed by atoms with Crippen LogP contribution in [0.2, 0.25) is 0 Å². The molecule has 1 unspecified atom stereocenters. The first kappa shape index (κ1) is 14.9. The van der Waals surface area contributed by atoms with Gasteiger partial charge < -0.3 is 9.84 Å². The molecule has 2 aromatic heterocycles. The molecular formula is C12H11F3N4O2. The molecule has 0 fully saturated rings. The molecule has 6 nitrogen and oxygen atoms in total. The summed E-state index contributed by atoms with van der Waals surface area (Å²) in [6.45, 7) is 2.94. The van der Waals surface area contributed by atoms with Crippen molar-refractivity contribution < 1.29 is 22.5 Å². The third-order valence-electron chi connectivity index (χ3n) is 2.54. The van der Waals surface area contributed by atoms with Gasteiger partial charge in [-0.3, -0.25) is 9.78 Å². The Bertz CT molecular complexity index is 654. The van der Waals surface area contributed by atoms with E-state index in [1.54, 1.807) is 6.92 Å². The first-order valence-corrected chi connectivity index (χ1v) is 5.91. The fraction of sp³-hybridized carbons (Fsp3) is 0.333. The summed E-state index contributed by atoms with van der Waals surface area (Å²) in [6, 6.07) is 1.64. The molecule has 0 saturated heterocycles. The lowest BCUT2D eigenvalue weighted by Gasteiger charge is -2.06. The molecule has 9 heteroatoms. The van der Waals surface area contributed by atoms with Gasteiger partial charge in [0.25, 0.3) is 0 Å². The number of rotatable bonds is 3. The maximum atomic E-state index is 12.6. The minimum atomic E-state index is -4.55. The molecule has 2 aromatic rings. The van der Waals surface area contributed by atoms with Crippen LogP contribution in [0.4, 0.5) is 13.2 Å². The molecule has 21 heavy (non-hydrogen) atoms. The largest absolute Gasteiger partial charge is 0.433 e. The van der Waals surface area contributed by atoms with Gasteiger partial charge in [-0.1, -0.05) is 5.16 Å². The molecule has 2 rings (SSSR count). The number of pyridine rings is 1. The van der Waals surface area contributed by atoms with Gasteiger partial charge in [-0.25, -0.2) is 0 Å². The van der Waals surface area contributed by atoms with Gasteiger partial charge in [0.15, 0.2) is 0 Å². The van der Waals surface area contributed by atoms with E-state index in [1.807, 2.05) is 0 Å². The lowest BCUT2D eigenvalue weighted by atomic mass is 10.2. The molecule has 1 amide bonds. The Morgan fingerprint density at radius 3 is 2.76 bits per heavy atom. The number of carbonyl (C=O) groups excluding carboxylic acids is 1. The van der Waals surface area contributed by atoms with E-state index in [9.17, 15) is 18.0 Å². The quantitative estimate of drug-likeness (QED) is 0.941. The zero-order valence-electron chi connectivity index (χ0n) is 11.1. The van der Waals surface area contributed by atoms with Gasteiger partial charge in [0.2, 0.25) is 17.6 Å². The second-order valence-electron chi connectivity index (χ2n) is 4.31. The van der Waals surface area contributed by atoms with Gasteiger partial charge in [0.1, 0.15) is 11.7 Å². The number of halogens is 3. The number of hydrogen-bond acceptors (Lipinski definition) is 5. The summed E-state index contributed by atoms with van der Waals surface area (Å²) in [5.41, 5.74) is -0.913. The molecule has 0 saturated carbocycles. The molecule has 0 aliphatic heterocycles. The molecule has 0 spiro atoms. The molecule has 0 aromatic carbocycles. The molecule has 0 aliphatic rings. The van der Waals surface area contributed by atoms with E-state index in [2.05, 4.69) is 20.4 Å². The molecule has 0 aliphatic carbocycles. The topological polar surface area (TPSA) is 80.9 Å². The van der Waals surface area contributed by atoms with E-state index >= 15 is 0 Å². The highest BCUT2D eigenvalue weighted by molar-refractivity contribution is 5.73. The van der Waals surface area contributed by atoms with Gasteiger partial charge in [0.05, 0.1) is 0 Å². The first-order valence-electron chi connectivity index (χ1n) is 5.91. The second-order valence-corrected chi connectivity index (χ2v) is 4.31. The van der Waals surface area contributed by atoms with Crippen molar-refractivity contribution >= 4 is 5.91 Å². The van der Waals surface area contributed by atoms with Crippen molar-refractivity contribution in [1.29, 1.82) is 0 Å². The summed E-state index contributed by atoms with van der Waals surface area (Å²) < 4.78 is 42.7. The molecule has 0 radical (unpaired) electrons. The van der Waals surface area contributed by atoms with Crippen molar-refractivity contribution in [2.24, 2.45) is 0 Å². The van der Waals surface area contributed by atoms with Crippen molar-refractivity contribution in [1.82, 2.24) is 20.4 Å². The fourth-order valence-electron chi connectivity index (χ4n) is 1.62. The average molecular weight is 300 g/mol. The Balaban J connectivity index is 2.28. The molecule has 1 N–H and O–H groups in total. The summed E-state index contributed by atoms with van der Waals surface area (Å²) >= 11 is 0. The van der Waals surface area contributed by atoms with E-state index < -0.39 is 17.9 Å². The Hall–Kier alpha value is -2.45. The number of hydrogen-bond donors (Lipinski definition) is 1. The summed E-state index contributed by atoms with van der Waals surface area (Å²) in [4.78, 5) is 18.1. The highest BCUT2D eigenvalue weighted by Gasteiger charge is 2.32. The predicted molar refractivity (Wildman–Crippen MR) is 64.8 cm³/mol. The minimum Gasteiger partial charge on any atom is -0.345 e. The standard InChI is InChI=1S/C12H11F3N4O2/c1-6(17-7(2)20)11-18-10(19-21-11)8-3-4-16-9(5-8)12(13,14)15/h3-6H,1-2H3,(H,17,20). The van der Waals surface area contributed by atoms with Crippen LogP contribution < -0.4 is 5.32 Å². The van der Waals surface area contributed by atoms with Crippen molar-refractivity contribution in [2.75, 3.05) is 0 Å². The Labute approximate surface area is 117 Å². The molecule has 1 atom stereocenters. The average Bonchev–Trinajstić information content (AvgIpc) is 2.86. The van der Waals surface area contributed by atoms with Crippen LogP contribution >= 0.6 is 0 Å². The summed E-state index contributed by atoms with van der Waals surface area (Å²) in [5, 5.41) is 6.14. The number of amides is 1. The Morgan fingerprint density at radius 2 is 2.14 bits per heavy atom. The van der Waals surface area contributed by atoms with Crippen molar-refractivity contribution in [3.63, 3.8) is 0 Å². The molecular weight excluding hydrogens is 289 g/mol. The van der Waals surface area contributed by atoms with Crippen LogP contribution in [0.3, 0.4) is 0 Å². The van der Waals surface area contributed by atoms with Crippen LogP contribution in [0.5, 0.6) is 0 Å². The van der Waals surface area contributed by atoms with Crippen LogP contribution in [0, 0.1) is 0 Å². The van der Waals surface area contributed by atoms with Crippen molar-refractivity contribution in [3.05, 3.63) is 29.9 Å². The van der Waals surface area contributed by atoms with Gasteiger partial charge in [-0.15, -0.1) is 0 Å². The third-order valence-corrected chi connectivity index (χ3v) is 2.54. The van der Waals surface area contributed by atoms with Crippen LogP contribution in [0.15, 0.2) is 22.9 Å². The smallest absolute Gasteiger partial charge is 0.345 e. The molecule has 112 valence electrons. The highest BCUT2D eigenvalue weighted by Crippen LogP contribution is 2.29. The van der Waals surface area contributed by atoms with Crippen LogP contribution in [-0.4, -0.2) is 21.0 Å². The summed E-state index contributed by atoms with van der Waals surface area (Å²) in [7, 11) is 0. The number of aromatic nitrogens is 3. The first-order chi connectivity index (χ1) is 9.77. The van der Waals surface area contributed by atoms with Gasteiger partial charge in [-0.05, 0) is 19.1 Å². The SMILES string of the molecule is CC(=O)NC(C)c1nc(-c2ccnc(C(F)(F)F)c2)no1. The van der Waals surface area contributed by atoms with E-state index in [0.29, 0.717) is 0 Å². The molecule has 0 bridgehead atoms. The van der Waals surface area contributed by atoms with E-state index in [0.717, 1.165) is 12.3 Å². The van der Waals surface area contributed by atoms with Gasteiger partial charge >= 0.3 is 6.18 Å². The maximum Gasteiger partial charge on any atom is 0.433 e. The van der Waals surface area contributed by atoms with Crippen LogP contribution in [-0.2, 0) is 11.0 Å². The number of alkyl halides is 3. The van der Waals surface area contributed by atoms with E-state index in [1.165, 1.54) is 13.0 Å². The van der Waals surface area contributed by atoms with Crippen LogP contribution in [0.25, 0.3) is 11.4 Å². The van der Waals surface area contributed by atoms with E-state index in [-0.39, 0.29) is 23.2 Å². The molecule has 2 heterocycles. The number of nitrogens with one attached hydrogen (secondary N) is 1. The maximum absolute atomic E-state index is 12.6. The highest BCUT2D eigenvalue weighted by atomic mass is 19.4. The monoisotopic (exact) mass is 300 g/mol. The van der Waals surface area contributed by atoms with Gasteiger partial charge in [0, 0.05) is 18.7 Å². The minimum absolute atomic E-state index is 0.00454. The zero-order valence-corrected chi connectivity index (χ0v) is 11.1. The third kappa shape index (κ3) is 3.56. The zero-order chi connectivity index (χ0) is 15.6. The fourth-order valence-corrected chi connectivity index (χ4v) is 1.62. The van der Waals surface area contributed by atoms with Crippen LogP contribution in [0.1, 0.15) is 31.5 Å². The second kappa shape index (κ2) is 5.51. The number of nitrogens with zero attached hydrogens (tertiary/aromatic N) is 3. The normalized spacial score (nSPS) is 13.0. The lowest BCUT2D eigenvalue weighted by Crippen LogP contribution is -2.23. The van der Waals surface area contributed by atoms with Crippen molar-refractivity contribution in [2.45, 2.75) is 26.1 Å².